The Morgan fingerprint density at radius 1 is 1.31 bits per heavy atom. The van der Waals surface area contributed by atoms with Gasteiger partial charge in [0.25, 0.3) is 0 Å². The average molecular weight is 217 g/mol. The van der Waals surface area contributed by atoms with Gasteiger partial charge in [-0.3, -0.25) is 4.98 Å². The zero-order chi connectivity index (χ0) is 11.7. The van der Waals surface area contributed by atoms with Crippen LogP contribution in [0.2, 0.25) is 0 Å². The highest BCUT2D eigenvalue weighted by molar-refractivity contribution is 5.85. The van der Waals surface area contributed by atoms with E-state index in [4.69, 9.17) is 4.74 Å². The zero-order valence-electron chi connectivity index (χ0n) is 9.69. The lowest BCUT2D eigenvalue weighted by Gasteiger charge is -2.12. The molecule has 2 rings (SSSR count). The molecule has 2 aromatic rings. The number of fused-ring (bicyclic) bond motifs is 1. The second kappa shape index (κ2) is 4.00. The second-order valence-corrected chi connectivity index (χ2v) is 4.09. The van der Waals surface area contributed by atoms with E-state index in [-0.39, 0.29) is 11.7 Å². The molecule has 0 spiro atoms. The fourth-order valence-corrected chi connectivity index (χ4v) is 1.92. The van der Waals surface area contributed by atoms with Gasteiger partial charge >= 0.3 is 0 Å². The van der Waals surface area contributed by atoms with Crippen LogP contribution in [0, 0.1) is 0 Å². The lowest BCUT2D eigenvalue weighted by atomic mass is 9.98. The Hall–Kier alpha value is -1.77. The van der Waals surface area contributed by atoms with E-state index in [1.54, 1.807) is 7.11 Å². The number of rotatable bonds is 2. The third-order valence-corrected chi connectivity index (χ3v) is 2.67. The Balaban J connectivity index is 2.74. The molecule has 3 nitrogen and oxygen atoms in total. The van der Waals surface area contributed by atoms with Gasteiger partial charge in [-0.25, -0.2) is 0 Å². The Kier molecular flexibility index (Phi) is 2.69. The molecule has 0 fully saturated rings. The standard InChI is InChI=1S/C13H15NO2/c1-8(2)13-10-5-4-9(16-3)6-11(10)14-7-12(13)15/h4-8,15H,1-3H3. The van der Waals surface area contributed by atoms with E-state index in [0.29, 0.717) is 0 Å². The molecular weight excluding hydrogens is 202 g/mol. The minimum absolute atomic E-state index is 0.257. The van der Waals surface area contributed by atoms with E-state index in [2.05, 4.69) is 18.8 Å². The number of hydrogen-bond donors (Lipinski definition) is 1. The number of methoxy groups -OCH3 is 1. The molecule has 0 aliphatic rings. The maximum absolute atomic E-state index is 9.81. The lowest BCUT2D eigenvalue weighted by Crippen LogP contribution is -1.93. The van der Waals surface area contributed by atoms with Gasteiger partial charge in [0, 0.05) is 17.0 Å². The van der Waals surface area contributed by atoms with Crippen LogP contribution >= 0.6 is 0 Å². The molecule has 1 heterocycles. The predicted molar refractivity (Wildman–Crippen MR) is 64.0 cm³/mol. The molecule has 3 heteroatoms. The van der Waals surface area contributed by atoms with E-state index in [9.17, 15) is 5.11 Å². The molecule has 0 bridgehead atoms. The van der Waals surface area contributed by atoms with Crippen molar-refractivity contribution >= 4 is 10.9 Å². The van der Waals surface area contributed by atoms with Gasteiger partial charge in [-0.05, 0) is 18.1 Å². The van der Waals surface area contributed by atoms with Crippen LogP contribution in [0.3, 0.4) is 0 Å². The number of aromatic nitrogens is 1. The summed E-state index contributed by atoms with van der Waals surface area (Å²) in [6.07, 6.45) is 1.50. The van der Waals surface area contributed by atoms with Crippen LogP contribution in [0.5, 0.6) is 11.5 Å². The molecule has 0 aliphatic carbocycles. The van der Waals surface area contributed by atoms with Gasteiger partial charge < -0.3 is 9.84 Å². The van der Waals surface area contributed by atoms with Crippen molar-refractivity contribution in [2.75, 3.05) is 7.11 Å². The van der Waals surface area contributed by atoms with E-state index < -0.39 is 0 Å². The molecule has 0 aliphatic heterocycles. The summed E-state index contributed by atoms with van der Waals surface area (Å²) < 4.78 is 5.15. The maximum Gasteiger partial charge on any atom is 0.137 e. The first-order valence-corrected chi connectivity index (χ1v) is 5.29. The van der Waals surface area contributed by atoms with E-state index in [0.717, 1.165) is 22.2 Å². The molecule has 84 valence electrons. The summed E-state index contributed by atoms with van der Waals surface area (Å²) in [4.78, 5) is 4.20. The summed E-state index contributed by atoms with van der Waals surface area (Å²) in [5, 5.41) is 10.8. The largest absolute Gasteiger partial charge is 0.506 e. The van der Waals surface area contributed by atoms with Crippen LogP contribution in [-0.2, 0) is 0 Å². The Labute approximate surface area is 94.7 Å². The van der Waals surface area contributed by atoms with Crippen LogP contribution in [0.1, 0.15) is 25.3 Å². The summed E-state index contributed by atoms with van der Waals surface area (Å²) in [7, 11) is 1.63. The van der Waals surface area contributed by atoms with Crippen molar-refractivity contribution in [2.24, 2.45) is 0 Å². The number of ether oxygens (including phenoxy) is 1. The fraction of sp³-hybridized carbons (Fsp3) is 0.308. The molecule has 1 N–H and O–H groups in total. The highest BCUT2D eigenvalue weighted by atomic mass is 16.5. The minimum Gasteiger partial charge on any atom is -0.506 e. The van der Waals surface area contributed by atoms with Crippen LogP contribution in [0.25, 0.3) is 10.9 Å². The van der Waals surface area contributed by atoms with Crippen molar-refractivity contribution in [3.63, 3.8) is 0 Å². The van der Waals surface area contributed by atoms with Gasteiger partial charge in [0.05, 0.1) is 18.8 Å². The number of benzene rings is 1. The molecule has 0 radical (unpaired) electrons. The van der Waals surface area contributed by atoms with Gasteiger partial charge in [-0.1, -0.05) is 13.8 Å². The highest BCUT2D eigenvalue weighted by Crippen LogP contribution is 2.33. The zero-order valence-corrected chi connectivity index (χ0v) is 9.69. The Morgan fingerprint density at radius 3 is 2.69 bits per heavy atom. The van der Waals surface area contributed by atoms with E-state index >= 15 is 0 Å². The molecule has 0 atom stereocenters. The van der Waals surface area contributed by atoms with E-state index in [1.165, 1.54) is 6.20 Å². The van der Waals surface area contributed by atoms with Crippen molar-refractivity contribution in [1.29, 1.82) is 0 Å². The first-order chi connectivity index (χ1) is 7.63. The summed E-state index contributed by atoms with van der Waals surface area (Å²) in [5.74, 6) is 1.30. The molecular formula is C13H15NO2. The van der Waals surface area contributed by atoms with Crippen molar-refractivity contribution in [3.05, 3.63) is 30.0 Å². The molecule has 1 aromatic carbocycles. The van der Waals surface area contributed by atoms with Gasteiger partial charge in [0.2, 0.25) is 0 Å². The van der Waals surface area contributed by atoms with Crippen molar-refractivity contribution < 1.29 is 9.84 Å². The summed E-state index contributed by atoms with van der Waals surface area (Å²) >= 11 is 0. The summed E-state index contributed by atoms with van der Waals surface area (Å²) in [5.41, 5.74) is 1.79. The molecule has 1 aromatic heterocycles. The normalized spacial score (nSPS) is 11.0. The highest BCUT2D eigenvalue weighted by Gasteiger charge is 2.11. The second-order valence-electron chi connectivity index (χ2n) is 4.09. The van der Waals surface area contributed by atoms with Crippen LogP contribution in [0.4, 0.5) is 0 Å². The first-order valence-electron chi connectivity index (χ1n) is 5.29. The minimum atomic E-state index is 0.257. The number of nitrogens with zero attached hydrogens (tertiary/aromatic N) is 1. The third-order valence-electron chi connectivity index (χ3n) is 2.67. The summed E-state index contributed by atoms with van der Waals surface area (Å²) in [6, 6.07) is 5.70. The first kappa shape index (κ1) is 10.7. The Bertz CT molecular complexity index is 521. The van der Waals surface area contributed by atoms with Crippen LogP contribution in [0.15, 0.2) is 24.4 Å². The van der Waals surface area contributed by atoms with Crippen molar-refractivity contribution in [2.45, 2.75) is 19.8 Å². The SMILES string of the molecule is COc1ccc2c(C(C)C)c(O)cnc2c1. The van der Waals surface area contributed by atoms with Gasteiger partial charge in [-0.15, -0.1) is 0 Å². The van der Waals surface area contributed by atoms with Crippen LogP contribution in [-0.4, -0.2) is 17.2 Å². The number of hydrogen-bond acceptors (Lipinski definition) is 3. The number of aromatic hydroxyl groups is 1. The van der Waals surface area contributed by atoms with Crippen LogP contribution < -0.4 is 4.74 Å². The quantitative estimate of drug-likeness (QED) is 0.840. The van der Waals surface area contributed by atoms with E-state index in [1.807, 2.05) is 18.2 Å². The summed E-state index contributed by atoms with van der Waals surface area (Å²) in [6.45, 7) is 4.11. The smallest absolute Gasteiger partial charge is 0.137 e. The van der Waals surface area contributed by atoms with Crippen molar-refractivity contribution in [3.8, 4) is 11.5 Å². The molecule has 0 unspecified atom stereocenters. The third kappa shape index (κ3) is 1.69. The van der Waals surface area contributed by atoms with Gasteiger partial charge in [0.15, 0.2) is 0 Å². The fourth-order valence-electron chi connectivity index (χ4n) is 1.92. The lowest BCUT2D eigenvalue weighted by molar-refractivity contribution is 0.415. The Morgan fingerprint density at radius 2 is 2.06 bits per heavy atom. The molecule has 0 saturated heterocycles. The van der Waals surface area contributed by atoms with Crippen molar-refractivity contribution in [1.82, 2.24) is 4.98 Å². The molecule has 0 amide bonds. The molecule has 16 heavy (non-hydrogen) atoms. The monoisotopic (exact) mass is 217 g/mol. The number of pyridine rings is 1. The van der Waals surface area contributed by atoms with Gasteiger partial charge in [0.1, 0.15) is 11.5 Å². The average Bonchev–Trinajstić information content (AvgIpc) is 2.27. The van der Waals surface area contributed by atoms with Gasteiger partial charge in [-0.2, -0.15) is 0 Å². The maximum atomic E-state index is 9.81. The predicted octanol–water partition coefficient (Wildman–Crippen LogP) is 3.07. The molecule has 0 saturated carbocycles. The topological polar surface area (TPSA) is 42.4 Å².